The number of carbonyl (C=O) groups is 2. The van der Waals surface area contributed by atoms with Crippen molar-refractivity contribution in [2.75, 3.05) is 5.32 Å². The molecule has 2 amide bonds. The number of anilines is 1. The van der Waals surface area contributed by atoms with Gasteiger partial charge in [0.1, 0.15) is 11.5 Å². The first-order valence-electron chi connectivity index (χ1n) is 7.65. The molecule has 0 unspecified atom stereocenters. The minimum Gasteiger partial charge on any atom is -0.320 e. The summed E-state index contributed by atoms with van der Waals surface area (Å²) in [5.74, 6) is -1.50. The second kappa shape index (κ2) is 7.54. The maximum absolute atomic E-state index is 13.2. The van der Waals surface area contributed by atoms with Gasteiger partial charge in [-0.3, -0.25) is 14.8 Å². The van der Waals surface area contributed by atoms with Gasteiger partial charge in [-0.15, -0.1) is 0 Å². The van der Waals surface area contributed by atoms with Crippen molar-refractivity contribution < 1.29 is 19.2 Å². The molecule has 0 atom stereocenters. The normalized spacial score (nSPS) is 10.8. The summed E-state index contributed by atoms with van der Waals surface area (Å²) in [5, 5.41) is 11.8. The molecule has 3 rings (SSSR count). The highest BCUT2D eigenvalue weighted by Gasteiger charge is 2.10. The first-order valence-corrected chi connectivity index (χ1v) is 7.65. The number of benzene rings is 2. The van der Waals surface area contributed by atoms with E-state index in [-0.39, 0.29) is 11.5 Å². The number of rotatable bonds is 4. The highest BCUT2D eigenvalue weighted by Crippen LogP contribution is 2.19. The number of amides is 2. The van der Waals surface area contributed by atoms with Crippen LogP contribution in [-0.4, -0.2) is 22.0 Å². The molecule has 7 heteroatoms. The molecule has 0 aliphatic carbocycles. The third-order valence-corrected chi connectivity index (χ3v) is 3.62. The number of nitrogens with one attached hydrogen (secondary N) is 2. The van der Waals surface area contributed by atoms with E-state index in [4.69, 9.17) is 5.21 Å². The molecule has 26 heavy (non-hydrogen) atoms. The monoisotopic (exact) mass is 351 g/mol. The molecule has 0 bridgehead atoms. The molecule has 1 aromatic heterocycles. The fraction of sp³-hybridized carbons (Fsp3) is 0. The summed E-state index contributed by atoms with van der Waals surface area (Å²) in [7, 11) is 0. The van der Waals surface area contributed by atoms with Crippen LogP contribution in [0, 0.1) is 5.82 Å². The second-order valence-corrected chi connectivity index (χ2v) is 5.38. The molecule has 0 saturated heterocycles. The average molecular weight is 351 g/mol. The highest BCUT2D eigenvalue weighted by molar-refractivity contribution is 6.05. The summed E-state index contributed by atoms with van der Waals surface area (Å²) >= 11 is 0. The van der Waals surface area contributed by atoms with Crippen molar-refractivity contribution in [3.8, 4) is 0 Å². The quantitative estimate of drug-likeness (QED) is 0.383. The van der Waals surface area contributed by atoms with Gasteiger partial charge in [0.25, 0.3) is 11.8 Å². The van der Waals surface area contributed by atoms with Gasteiger partial charge in [0.05, 0.1) is 5.52 Å². The van der Waals surface area contributed by atoms with Crippen molar-refractivity contribution in [2.24, 2.45) is 0 Å². The Morgan fingerprint density at radius 2 is 1.88 bits per heavy atom. The topological polar surface area (TPSA) is 91.3 Å². The van der Waals surface area contributed by atoms with E-state index in [9.17, 15) is 14.0 Å². The van der Waals surface area contributed by atoms with Crippen LogP contribution in [0.25, 0.3) is 17.0 Å². The number of hydrogen-bond donors (Lipinski definition) is 3. The SMILES string of the molecule is O=C(/C=C/c1ccccc1NC(=O)c1ccc2cc(F)ccc2n1)NO. The number of para-hydroxylation sites is 1. The van der Waals surface area contributed by atoms with Crippen LogP contribution in [0.5, 0.6) is 0 Å². The predicted octanol–water partition coefficient (Wildman–Crippen LogP) is 3.14. The van der Waals surface area contributed by atoms with Crippen LogP contribution in [0.15, 0.2) is 60.7 Å². The number of hydroxylamine groups is 1. The van der Waals surface area contributed by atoms with Crippen LogP contribution in [0.2, 0.25) is 0 Å². The Kier molecular flexibility index (Phi) is 5.00. The summed E-state index contributed by atoms with van der Waals surface area (Å²) in [4.78, 5) is 27.8. The zero-order valence-corrected chi connectivity index (χ0v) is 13.4. The number of aromatic nitrogens is 1. The Hall–Kier alpha value is -3.58. The van der Waals surface area contributed by atoms with Crippen LogP contribution in [-0.2, 0) is 4.79 Å². The Balaban J connectivity index is 1.85. The lowest BCUT2D eigenvalue weighted by atomic mass is 10.1. The standard InChI is InChI=1S/C19H14FN3O3/c20-14-7-9-16-13(11-14)5-8-17(21-16)19(25)22-15-4-2-1-3-12(15)6-10-18(24)23-26/h1-11,26H,(H,22,25)(H,23,24)/b10-6+. The Labute approximate surface area is 147 Å². The first-order chi connectivity index (χ1) is 12.6. The average Bonchev–Trinajstić information content (AvgIpc) is 2.66. The Bertz CT molecular complexity index is 1020. The lowest BCUT2D eigenvalue weighted by molar-refractivity contribution is -0.124. The third-order valence-electron chi connectivity index (χ3n) is 3.62. The zero-order chi connectivity index (χ0) is 18.5. The molecular formula is C19H14FN3O3. The lowest BCUT2D eigenvalue weighted by Gasteiger charge is -2.09. The minimum absolute atomic E-state index is 0.177. The van der Waals surface area contributed by atoms with Crippen LogP contribution in [0.1, 0.15) is 16.1 Å². The van der Waals surface area contributed by atoms with Gasteiger partial charge >= 0.3 is 0 Å². The fourth-order valence-corrected chi connectivity index (χ4v) is 2.37. The molecule has 130 valence electrons. The minimum atomic E-state index is -0.686. The number of hydrogen-bond acceptors (Lipinski definition) is 4. The van der Waals surface area contributed by atoms with E-state index in [1.54, 1.807) is 30.3 Å². The number of halogens is 1. The Morgan fingerprint density at radius 1 is 1.08 bits per heavy atom. The smallest absolute Gasteiger partial charge is 0.274 e. The van der Waals surface area contributed by atoms with E-state index in [0.717, 1.165) is 6.08 Å². The molecule has 0 saturated carbocycles. The van der Waals surface area contributed by atoms with E-state index in [2.05, 4.69) is 10.3 Å². The van der Waals surface area contributed by atoms with Crippen LogP contribution >= 0.6 is 0 Å². The van der Waals surface area contributed by atoms with E-state index in [1.807, 2.05) is 0 Å². The maximum Gasteiger partial charge on any atom is 0.274 e. The molecule has 0 spiro atoms. The van der Waals surface area contributed by atoms with E-state index < -0.39 is 11.8 Å². The predicted molar refractivity (Wildman–Crippen MR) is 95.1 cm³/mol. The fourth-order valence-electron chi connectivity index (χ4n) is 2.37. The number of fused-ring (bicyclic) bond motifs is 1. The zero-order valence-electron chi connectivity index (χ0n) is 13.4. The first kappa shape index (κ1) is 17.2. The van der Waals surface area contributed by atoms with Gasteiger partial charge in [0.15, 0.2) is 0 Å². The van der Waals surface area contributed by atoms with Gasteiger partial charge in [-0.05, 0) is 42.0 Å². The van der Waals surface area contributed by atoms with Gasteiger partial charge in [-0.25, -0.2) is 14.9 Å². The number of nitrogens with zero attached hydrogens (tertiary/aromatic N) is 1. The lowest BCUT2D eigenvalue weighted by Crippen LogP contribution is -2.15. The van der Waals surface area contributed by atoms with Crippen LogP contribution < -0.4 is 10.8 Å². The molecule has 2 aromatic carbocycles. The van der Waals surface area contributed by atoms with E-state index in [1.165, 1.54) is 35.8 Å². The second-order valence-electron chi connectivity index (χ2n) is 5.38. The van der Waals surface area contributed by atoms with Crippen LogP contribution in [0.4, 0.5) is 10.1 Å². The van der Waals surface area contributed by atoms with Crippen molar-refractivity contribution in [3.63, 3.8) is 0 Å². The molecular weight excluding hydrogens is 337 g/mol. The van der Waals surface area contributed by atoms with Gasteiger partial charge in [0, 0.05) is 17.1 Å². The Morgan fingerprint density at radius 3 is 2.69 bits per heavy atom. The van der Waals surface area contributed by atoms with Crippen molar-refractivity contribution >= 4 is 34.5 Å². The van der Waals surface area contributed by atoms with E-state index in [0.29, 0.717) is 22.2 Å². The van der Waals surface area contributed by atoms with Crippen molar-refractivity contribution in [1.29, 1.82) is 0 Å². The molecule has 0 radical (unpaired) electrons. The molecule has 3 aromatic rings. The summed E-state index contributed by atoms with van der Waals surface area (Å²) in [6, 6.07) is 14.1. The molecule has 3 N–H and O–H groups in total. The van der Waals surface area contributed by atoms with Crippen molar-refractivity contribution in [2.45, 2.75) is 0 Å². The molecule has 0 fully saturated rings. The largest absolute Gasteiger partial charge is 0.320 e. The molecule has 6 nitrogen and oxygen atoms in total. The number of carbonyl (C=O) groups excluding carboxylic acids is 2. The third kappa shape index (κ3) is 3.90. The van der Waals surface area contributed by atoms with Gasteiger partial charge in [-0.1, -0.05) is 24.3 Å². The molecule has 0 aliphatic rings. The van der Waals surface area contributed by atoms with Crippen molar-refractivity contribution in [3.05, 3.63) is 77.7 Å². The summed E-state index contributed by atoms with van der Waals surface area (Å²) in [6.07, 6.45) is 2.59. The molecule has 1 heterocycles. The van der Waals surface area contributed by atoms with Crippen LogP contribution in [0.3, 0.4) is 0 Å². The van der Waals surface area contributed by atoms with Gasteiger partial charge in [0.2, 0.25) is 0 Å². The van der Waals surface area contributed by atoms with E-state index >= 15 is 0 Å². The maximum atomic E-state index is 13.2. The summed E-state index contributed by atoms with van der Waals surface area (Å²) in [6.45, 7) is 0. The highest BCUT2D eigenvalue weighted by atomic mass is 19.1. The molecule has 0 aliphatic heterocycles. The summed E-state index contributed by atoms with van der Waals surface area (Å²) < 4.78 is 13.2. The summed E-state index contributed by atoms with van der Waals surface area (Å²) in [5.41, 5.74) is 3.22. The van der Waals surface area contributed by atoms with Gasteiger partial charge < -0.3 is 5.32 Å². The number of pyridine rings is 1. The van der Waals surface area contributed by atoms with Gasteiger partial charge in [-0.2, -0.15) is 0 Å². The van der Waals surface area contributed by atoms with Crippen molar-refractivity contribution in [1.82, 2.24) is 10.5 Å².